The molecule has 1 atom stereocenters. The molecule has 2 N–H and O–H groups in total. The molecule has 0 bridgehead atoms. The standard InChI is InChI=1S/C21H20N4O3/c1-13-5-7-19-17(9-13)18-11-15(6-8-20(18)23-19)21(26)24-22-12-14-3-2-4-16(10-14)25(27)28/h2-4,6,8,10-13,23H,5,7,9H2,1H3,(H,24,26)/b22-12-. The highest BCUT2D eigenvalue weighted by Crippen LogP contribution is 2.32. The lowest BCUT2D eigenvalue weighted by atomic mass is 9.87. The van der Waals surface area contributed by atoms with Gasteiger partial charge in [-0.15, -0.1) is 0 Å². The molecule has 0 saturated heterocycles. The van der Waals surface area contributed by atoms with E-state index in [2.05, 4.69) is 22.4 Å². The second kappa shape index (κ2) is 7.26. The number of rotatable bonds is 4. The van der Waals surface area contributed by atoms with Crippen LogP contribution in [0.2, 0.25) is 0 Å². The van der Waals surface area contributed by atoms with E-state index in [9.17, 15) is 14.9 Å². The molecule has 1 aliphatic carbocycles. The summed E-state index contributed by atoms with van der Waals surface area (Å²) in [7, 11) is 0. The Bertz CT molecular complexity index is 1100. The van der Waals surface area contributed by atoms with Crippen molar-refractivity contribution in [1.82, 2.24) is 10.4 Å². The Morgan fingerprint density at radius 3 is 3.00 bits per heavy atom. The number of hydrazone groups is 1. The Balaban J connectivity index is 1.52. The first kappa shape index (κ1) is 17.9. The van der Waals surface area contributed by atoms with E-state index in [1.165, 1.54) is 36.0 Å². The van der Waals surface area contributed by atoms with E-state index in [1.807, 2.05) is 12.1 Å². The van der Waals surface area contributed by atoms with Crippen molar-refractivity contribution in [1.29, 1.82) is 0 Å². The molecule has 7 nitrogen and oxygen atoms in total. The number of hydrogen-bond acceptors (Lipinski definition) is 4. The monoisotopic (exact) mass is 376 g/mol. The third kappa shape index (κ3) is 3.51. The van der Waals surface area contributed by atoms with E-state index >= 15 is 0 Å². The van der Waals surface area contributed by atoms with Crippen LogP contribution in [0.5, 0.6) is 0 Å². The Kier molecular flexibility index (Phi) is 4.65. The van der Waals surface area contributed by atoms with E-state index in [1.54, 1.807) is 18.2 Å². The number of hydrogen-bond donors (Lipinski definition) is 2. The minimum absolute atomic E-state index is 0.0211. The van der Waals surface area contributed by atoms with Crippen molar-refractivity contribution in [2.75, 3.05) is 0 Å². The van der Waals surface area contributed by atoms with Crippen molar-refractivity contribution in [2.24, 2.45) is 11.0 Å². The predicted octanol–water partition coefficient (Wildman–Crippen LogP) is 3.96. The zero-order valence-corrected chi connectivity index (χ0v) is 15.4. The Morgan fingerprint density at radius 1 is 1.32 bits per heavy atom. The molecule has 7 heteroatoms. The third-order valence-electron chi connectivity index (χ3n) is 5.16. The molecule has 1 heterocycles. The molecule has 0 fully saturated rings. The van der Waals surface area contributed by atoms with Gasteiger partial charge in [-0.25, -0.2) is 5.43 Å². The maximum absolute atomic E-state index is 12.5. The molecule has 1 unspecified atom stereocenters. The maximum atomic E-state index is 12.5. The van der Waals surface area contributed by atoms with Crippen molar-refractivity contribution in [3.63, 3.8) is 0 Å². The van der Waals surface area contributed by atoms with Crippen LogP contribution in [0.1, 0.15) is 40.5 Å². The lowest BCUT2D eigenvalue weighted by Gasteiger charge is -2.18. The molecule has 1 aliphatic rings. The summed E-state index contributed by atoms with van der Waals surface area (Å²) in [6.45, 7) is 2.25. The number of benzene rings is 2. The fraction of sp³-hybridized carbons (Fsp3) is 0.238. The van der Waals surface area contributed by atoms with E-state index < -0.39 is 4.92 Å². The summed E-state index contributed by atoms with van der Waals surface area (Å²) in [5, 5.41) is 15.8. The van der Waals surface area contributed by atoms with Crippen molar-refractivity contribution < 1.29 is 9.72 Å². The summed E-state index contributed by atoms with van der Waals surface area (Å²) >= 11 is 0. The van der Waals surface area contributed by atoms with Gasteiger partial charge in [-0.05, 0) is 48.9 Å². The van der Waals surface area contributed by atoms with Crippen LogP contribution in [0.15, 0.2) is 47.6 Å². The maximum Gasteiger partial charge on any atom is 0.271 e. The molecule has 2 aromatic carbocycles. The molecular formula is C21H20N4O3. The zero-order chi connectivity index (χ0) is 19.7. The number of aromatic nitrogens is 1. The first-order chi connectivity index (χ1) is 13.5. The second-order valence-corrected chi connectivity index (χ2v) is 7.24. The average Bonchev–Trinajstić information content (AvgIpc) is 3.05. The van der Waals surface area contributed by atoms with Gasteiger partial charge in [0.25, 0.3) is 11.6 Å². The van der Waals surface area contributed by atoms with Crippen LogP contribution in [-0.4, -0.2) is 22.0 Å². The Morgan fingerprint density at radius 2 is 2.18 bits per heavy atom. The summed E-state index contributed by atoms with van der Waals surface area (Å²) in [4.78, 5) is 26.3. The highest BCUT2D eigenvalue weighted by Gasteiger charge is 2.20. The first-order valence-electron chi connectivity index (χ1n) is 9.22. The van der Waals surface area contributed by atoms with Gasteiger partial charge in [0, 0.05) is 39.9 Å². The highest BCUT2D eigenvalue weighted by molar-refractivity contribution is 5.99. The number of amides is 1. The van der Waals surface area contributed by atoms with Crippen molar-refractivity contribution in [3.05, 3.63) is 75.0 Å². The summed E-state index contributed by atoms with van der Waals surface area (Å²) in [6, 6.07) is 11.7. The molecule has 1 aromatic heterocycles. The van der Waals surface area contributed by atoms with Gasteiger partial charge in [0.1, 0.15) is 0 Å². The summed E-state index contributed by atoms with van der Waals surface area (Å²) in [5.41, 5.74) is 7.18. The molecule has 142 valence electrons. The van der Waals surface area contributed by atoms with Gasteiger partial charge in [-0.1, -0.05) is 19.1 Å². The molecule has 0 radical (unpaired) electrons. The number of nitro benzene ring substituents is 1. The smallest absolute Gasteiger partial charge is 0.271 e. The van der Waals surface area contributed by atoms with Crippen LogP contribution < -0.4 is 5.43 Å². The van der Waals surface area contributed by atoms with Crippen LogP contribution in [0, 0.1) is 16.0 Å². The Labute approximate surface area is 161 Å². The first-order valence-corrected chi connectivity index (χ1v) is 9.22. The second-order valence-electron chi connectivity index (χ2n) is 7.24. The predicted molar refractivity (Wildman–Crippen MR) is 108 cm³/mol. The van der Waals surface area contributed by atoms with Crippen LogP contribution in [0.3, 0.4) is 0 Å². The summed E-state index contributed by atoms with van der Waals surface area (Å²) in [5.74, 6) is 0.325. The van der Waals surface area contributed by atoms with Crippen molar-refractivity contribution in [3.8, 4) is 0 Å². The fourth-order valence-electron chi connectivity index (χ4n) is 3.68. The molecule has 0 spiro atoms. The largest absolute Gasteiger partial charge is 0.358 e. The van der Waals surface area contributed by atoms with Gasteiger partial charge in [-0.2, -0.15) is 5.10 Å². The molecule has 28 heavy (non-hydrogen) atoms. The number of aryl methyl sites for hydroxylation is 1. The lowest BCUT2D eigenvalue weighted by Crippen LogP contribution is -2.17. The zero-order valence-electron chi connectivity index (χ0n) is 15.4. The van der Waals surface area contributed by atoms with Gasteiger partial charge in [0.05, 0.1) is 11.1 Å². The van der Waals surface area contributed by atoms with Gasteiger partial charge in [0.2, 0.25) is 0 Å². The van der Waals surface area contributed by atoms with Gasteiger partial charge >= 0.3 is 0 Å². The molecule has 4 rings (SSSR count). The normalized spacial score (nSPS) is 16.2. The molecule has 1 amide bonds. The number of nitrogens with zero attached hydrogens (tertiary/aromatic N) is 2. The number of carbonyl (C=O) groups is 1. The summed E-state index contributed by atoms with van der Waals surface area (Å²) < 4.78 is 0. The number of non-ortho nitro benzene ring substituents is 1. The minimum atomic E-state index is -0.469. The van der Waals surface area contributed by atoms with Crippen LogP contribution in [0.25, 0.3) is 10.9 Å². The summed E-state index contributed by atoms with van der Waals surface area (Å²) in [6.07, 6.45) is 4.63. The van der Waals surface area contributed by atoms with E-state index in [4.69, 9.17) is 0 Å². The SMILES string of the molecule is CC1CCc2[nH]c3ccc(C(=O)N/N=C\c4cccc([N+](=O)[O-])c4)cc3c2C1. The van der Waals surface area contributed by atoms with Crippen LogP contribution >= 0.6 is 0 Å². The van der Waals surface area contributed by atoms with Gasteiger partial charge in [0.15, 0.2) is 0 Å². The van der Waals surface area contributed by atoms with Gasteiger partial charge in [-0.3, -0.25) is 14.9 Å². The number of nitro groups is 1. The number of fused-ring (bicyclic) bond motifs is 3. The molecule has 3 aromatic rings. The highest BCUT2D eigenvalue weighted by atomic mass is 16.6. The van der Waals surface area contributed by atoms with Crippen molar-refractivity contribution in [2.45, 2.75) is 26.2 Å². The topological polar surface area (TPSA) is 100 Å². The average molecular weight is 376 g/mol. The number of carbonyl (C=O) groups excluding carboxylic acids is 1. The van der Waals surface area contributed by atoms with Gasteiger partial charge < -0.3 is 4.98 Å². The third-order valence-corrected chi connectivity index (χ3v) is 5.16. The molecule has 0 aliphatic heterocycles. The molecule has 0 saturated carbocycles. The van der Waals surface area contributed by atoms with E-state index in [-0.39, 0.29) is 11.6 Å². The lowest BCUT2D eigenvalue weighted by molar-refractivity contribution is -0.384. The van der Waals surface area contributed by atoms with Crippen LogP contribution in [0.4, 0.5) is 5.69 Å². The molecular weight excluding hydrogens is 356 g/mol. The quantitative estimate of drug-likeness (QED) is 0.409. The number of aromatic amines is 1. The fourth-order valence-corrected chi connectivity index (χ4v) is 3.68. The Hall–Kier alpha value is -3.48. The minimum Gasteiger partial charge on any atom is -0.358 e. The van der Waals surface area contributed by atoms with E-state index in [0.717, 1.165) is 23.7 Å². The number of H-pyrrole nitrogens is 1. The van der Waals surface area contributed by atoms with Crippen molar-refractivity contribution >= 4 is 28.7 Å². The van der Waals surface area contributed by atoms with Crippen LogP contribution in [-0.2, 0) is 12.8 Å². The van der Waals surface area contributed by atoms with E-state index in [0.29, 0.717) is 17.0 Å². The number of nitrogens with one attached hydrogen (secondary N) is 2.